The first kappa shape index (κ1) is 22.4. The Morgan fingerprint density at radius 3 is 2.29 bits per heavy atom. The molecule has 0 bridgehead atoms. The molecule has 4 N–H and O–H groups in total. The highest BCUT2D eigenvalue weighted by atomic mass is 31.3. The van der Waals surface area contributed by atoms with Crippen LogP contribution in [0.4, 0.5) is 0 Å². The molecule has 0 aromatic rings. The van der Waals surface area contributed by atoms with Gasteiger partial charge in [0.2, 0.25) is 0 Å². The molecular weight excluding hydrogens is 392 g/mol. The van der Waals surface area contributed by atoms with Crippen LogP contribution in [0.25, 0.3) is 0 Å². The lowest BCUT2D eigenvalue weighted by Gasteiger charge is -2.21. The zero-order chi connectivity index (χ0) is 18.6. The van der Waals surface area contributed by atoms with Crippen molar-refractivity contribution in [2.45, 2.75) is 38.0 Å². The molecule has 5 atom stereocenters. The van der Waals surface area contributed by atoms with Gasteiger partial charge in [-0.25, -0.2) is 13.7 Å². The average Bonchev–Trinajstić information content (AvgIpc) is 2.70. The summed E-state index contributed by atoms with van der Waals surface area (Å²) in [6.07, 6.45) is 0.182. The van der Waals surface area contributed by atoms with Crippen LogP contribution in [-0.2, 0) is 36.3 Å². The van der Waals surface area contributed by atoms with Gasteiger partial charge in [-0.3, -0.25) is 4.52 Å². The van der Waals surface area contributed by atoms with Crippen molar-refractivity contribution in [3.05, 3.63) is 0 Å². The number of ether oxygens (including phenoxy) is 2. The van der Waals surface area contributed by atoms with E-state index in [2.05, 4.69) is 13.1 Å². The maximum absolute atomic E-state index is 11.6. The molecule has 1 heterocycles. The lowest BCUT2D eigenvalue weighted by molar-refractivity contribution is -0.0362. The minimum absolute atomic E-state index is 0.179. The third kappa shape index (κ3) is 8.67. The second-order valence-electron chi connectivity index (χ2n) is 5.02. The van der Waals surface area contributed by atoms with Crippen molar-refractivity contribution >= 4 is 31.3 Å². The summed E-state index contributed by atoms with van der Waals surface area (Å²) in [5.41, 5.74) is 0. The maximum Gasteiger partial charge on any atom is 0.490 e. The third-order valence-electron chi connectivity index (χ3n) is 2.74. The molecule has 0 aromatic carbocycles. The molecule has 16 heteroatoms. The molecule has 1 rings (SSSR count). The van der Waals surface area contributed by atoms with E-state index >= 15 is 0 Å². The van der Waals surface area contributed by atoms with Crippen molar-refractivity contribution in [1.82, 2.24) is 0 Å². The third-order valence-corrected chi connectivity index (χ3v) is 6.54. The first-order valence-electron chi connectivity index (χ1n) is 6.89. The van der Waals surface area contributed by atoms with Crippen molar-refractivity contribution in [1.29, 1.82) is 0 Å². The van der Waals surface area contributed by atoms with Gasteiger partial charge in [-0.2, -0.15) is 8.62 Å². The predicted molar refractivity (Wildman–Crippen MR) is 81.7 cm³/mol. The van der Waals surface area contributed by atoms with Gasteiger partial charge < -0.3 is 29.0 Å². The lowest BCUT2D eigenvalue weighted by Crippen LogP contribution is -2.29. The van der Waals surface area contributed by atoms with Gasteiger partial charge in [0.05, 0.1) is 12.7 Å². The first-order valence-corrected chi connectivity index (χ1v) is 11.4. The summed E-state index contributed by atoms with van der Waals surface area (Å²) in [6, 6.07) is -0.179. The molecule has 1 fully saturated rings. The summed E-state index contributed by atoms with van der Waals surface area (Å²) < 4.78 is 56.1. The van der Waals surface area contributed by atoms with Gasteiger partial charge in [-0.15, -0.1) is 0 Å². The quantitative estimate of drug-likeness (QED) is 0.276. The summed E-state index contributed by atoms with van der Waals surface area (Å²) in [4.78, 5) is 35.3. The molecule has 1 aliphatic heterocycles. The van der Waals surface area contributed by atoms with Crippen LogP contribution in [0, 0.1) is 0 Å². The van der Waals surface area contributed by atoms with Crippen LogP contribution in [0.1, 0.15) is 19.8 Å². The van der Waals surface area contributed by atoms with E-state index in [9.17, 15) is 18.6 Å². The monoisotopic (exact) mass is 412 g/mol. The number of hydrogen-bond donors (Lipinski definition) is 4. The van der Waals surface area contributed by atoms with Crippen LogP contribution < -0.4 is 0 Å². The lowest BCUT2D eigenvalue weighted by atomic mass is 9.96. The van der Waals surface area contributed by atoms with Gasteiger partial charge in [-0.1, -0.05) is 6.92 Å². The van der Waals surface area contributed by atoms with Crippen LogP contribution >= 0.6 is 23.5 Å². The Labute approximate surface area is 139 Å². The Kier molecular flexibility index (Phi) is 8.28. The maximum atomic E-state index is 11.6. The normalized spacial score (nSPS) is 30.0. The Morgan fingerprint density at radius 1 is 1.12 bits per heavy atom. The molecule has 0 saturated carbocycles. The van der Waals surface area contributed by atoms with E-state index in [1.54, 1.807) is 7.85 Å². The van der Waals surface area contributed by atoms with Crippen molar-refractivity contribution < 1.29 is 55.9 Å². The minimum atomic E-state index is -5.52. The largest absolute Gasteiger partial charge is 0.490 e. The SMILES string of the molecule is BC1CC(OCCC)C(COP(=O)(O)OP(=O)(O)OP(=O)(O)O)O1. The Morgan fingerprint density at radius 2 is 1.75 bits per heavy atom. The molecule has 1 saturated heterocycles. The van der Waals surface area contributed by atoms with E-state index in [4.69, 9.17) is 24.2 Å². The van der Waals surface area contributed by atoms with Crippen molar-refractivity contribution in [2.75, 3.05) is 13.2 Å². The van der Waals surface area contributed by atoms with E-state index in [0.29, 0.717) is 13.0 Å². The predicted octanol–water partition coefficient (Wildman–Crippen LogP) is -0.127. The molecule has 24 heavy (non-hydrogen) atoms. The van der Waals surface area contributed by atoms with Crippen LogP contribution in [0.15, 0.2) is 0 Å². The van der Waals surface area contributed by atoms with Gasteiger partial charge in [-0.05, 0) is 12.8 Å². The van der Waals surface area contributed by atoms with Gasteiger partial charge in [0.15, 0.2) is 0 Å². The fourth-order valence-electron chi connectivity index (χ4n) is 1.98. The molecule has 0 aromatic heterocycles. The zero-order valence-corrected chi connectivity index (χ0v) is 15.6. The molecule has 5 unspecified atom stereocenters. The molecule has 0 radical (unpaired) electrons. The van der Waals surface area contributed by atoms with Gasteiger partial charge in [0, 0.05) is 12.6 Å². The average molecular weight is 412 g/mol. The van der Waals surface area contributed by atoms with Crippen LogP contribution in [0.5, 0.6) is 0 Å². The zero-order valence-electron chi connectivity index (χ0n) is 13.0. The molecule has 142 valence electrons. The van der Waals surface area contributed by atoms with Gasteiger partial charge in [0.25, 0.3) is 0 Å². The standard InChI is InChI=1S/C8H20BO12P3/c1-2-3-17-6-4-8(9)19-7(6)5-18-23(13,14)21-24(15,16)20-22(10,11)12/h6-8H,2-5,9H2,1H3,(H,13,14)(H,15,16)(H2,10,11,12). The van der Waals surface area contributed by atoms with E-state index in [1.807, 2.05) is 6.92 Å². The Bertz CT molecular complexity index is 550. The van der Waals surface area contributed by atoms with Gasteiger partial charge in [0.1, 0.15) is 14.0 Å². The molecule has 0 aliphatic carbocycles. The molecule has 0 spiro atoms. The number of phosphoric acid groups is 3. The van der Waals surface area contributed by atoms with Crippen molar-refractivity contribution in [2.24, 2.45) is 0 Å². The molecule has 0 amide bonds. The number of rotatable bonds is 10. The highest BCUT2D eigenvalue weighted by Crippen LogP contribution is 2.66. The van der Waals surface area contributed by atoms with E-state index in [-0.39, 0.29) is 6.00 Å². The van der Waals surface area contributed by atoms with Crippen molar-refractivity contribution in [3.63, 3.8) is 0 Å². The highest BCUT2D eigenvalue weighted by molar-refractivity contribution is 7.66. The van der Waals surface area contributed by atoms with Crippen LogP contribution in [0.2, 0.25) is 0 Å². The summed E-state index contributed by atoms with van der Waals surface area (Å²) in [5.74, 6) is 0. The summed E-state index contributed by atoms with van der Waals surface area (Å²) >= 11 is 0. The molecule has 12 nitrogen and oxygen atoms in total. The van der Waals surface area contributed by atoms with Crippen LogP contribution in [-0.4, -0.2) is 58.8 Å². The summed E-state index contributed by atoms with van der Waals surface area (Å²) in [5, 5.41) is 0. The highest BCUT2D eigenvalue weighted by Gasteiger charge is 2.42. The van der Waals surface area contributed by atoms with E-state index in [0.717, 1.165) is 6.42 Å². The summed E-state index contributed by atoms with van der Waals surface area (Å²) in [7, 11) is -14.3. The molecule has 1 aliphatic rings. The smallest absolute Gasteiger partial charge is 0.379 e. The first-order chi connectivity index (χ1) is 10.8. The Hall–Kier alpha value is 0.395. The fraction of sp³-hybridized carbons (Fsp3) is 1.00. The second kappa shape index (κ2) is 8.86. The molecular formula is C8H20BO12P3. The van der Waals surface area contributed by atoms with Crippen LogP contribution in [0.3, 0.4) is 0 Å². The topological polar surface area (TPSA) is 178 Å². The number of phosphoric ester groups is 1. The Balaban J connectivity index is 2.59. The van der Waals surface area contributed by atoms with E-state index < -0.39 is 42.3 Å². The minimum Gasteiger partial charge on any atom is -0.379 e. The van der Waals surface area contributed by atoms with E-state index in [1.165, 1.54) is 0 Å². The summed E-state index contributed by atoms with van der Waals surface area (Å²) in [6.45, 7) is 1.86. The fourth-order valence-corrected chi connectivity index (χ4v) is 5.01. The van der Waals surface area contributed by atoms with Crippen molar-refractivity contribution in [3.8, 4) is 0 Å². The second-order valence-corrected chi connectivity index (χ2v) is 9.44. The van der Waals surface area contributed by atoms with Gasteiger partial charge >= 0.3 is 23.5 Å². The number of hydrogen-bond acceptors (Lipinski definition) is 8.